The SMILES string of the molecule is C=C(N)c1cc(N(C)/C(C=O)=C\C(=C)C(F)(F)F)ccc1/C=C\C. The number of alkyl halides is 3. The standard InChI is InChI=1S/C18H19F3N2O/c1-5-6-14-7-8-15(10-17(14)13(3)22)23(4)16(11-24)9-12(2)18(19,20)21/h5-11H,2-3,22H2,1,4H3/b6-5-,16-9-. The number of likely N-dealkylation sites (N-methyl/N-ethyl adjacent to an activating group) is 1. The fraction of sp³-hybridized carbons (Fsp3) is 0.167. The molecule has 1 rings (SSSR count). The van der Waals surface area contributed by atoms with E-state index in [1.54, 1.807) is 18.2 Å². The van der Waals surface area contributed by atoms with Crippen LogP contribution in [0, 0.1) is 0 Å². The quantitative estimate of drug-likeness (QED) is 0.479. The number of benzene rings is 1. The minimum absolute atomic E-state index is 0.176. The Morgan fingerprint density at radius 2 is 1.92 bits per heavy atom. The molecular weight excluding hydrogens is 317 g/mol. The summed E-state index contributed by atoms with van der Waals surface area (Å²) in [6, 6.07) is 5.08. The molecule has 6 heteroatoms. The third-order valence-corrected chi connectivity index (χ3v) is 3.31. The Morgan fingerprint density at radius 3 is 2.38 bits per heavy atom. The van der Waals surface area contributed by atoms with E-state index in [2.05, 4.69) is 13.2 Å². The second-order valence-electron chi connectivity index (χ2n) is 5.07. The van der Waals surface area contributed by atoms with E-state index in [4.69, 9.17) is 5.73 Å². The molecule has 0 amide bonds. The van der Waals surface area contributed by atoms with Gasteiger partial charge in [0.1, 0.15) is 0 Å². The topological polar surface area (TPSA) is 46.3 Å². The fourth-order valence-electron chi connectivity index (χ4n) is 1.98. The minimum Gasteiger partial charge on any atom is -0.399 e. The predicted octanol–water partition coefficient (Wildman–Crippen LogP) is 4.29. The van der Waals surface area contributed by atoms with Crippen LogP contribution in [-0.2, 0) is 4.79 Å². The molecule has 0 atom stereocenters. The van der Waals surface area contributed by atoms with Crippen molar-refractivity contribution >= 4 is 23.7 Å². The summed E-state index contributed by atoms with van der Waals surface area (Å²) in [6.45, 7) is 8.48. The maximum Gasteiger partial charge on any atom is 0.415 e. The highest BCUT2D eigenvalue weighted by Gasteiger charge is 2.31. The van der Waals surface area contributed by atoms with Crippen LogP contribution in [0.4, 0.5) is 18.9 Å². The molecule has 128 valence electrons. The van der Waals surface area contributed by atoms with Gasteiger partial charge in [-0.05, 0) is 30.7 Å². The monoisotopic (exact) mass is 336 g/mol. The molecule has 0 spiro atoms. The van der Waals surface area contributed by atoms with Crippen molar-refractivity contribution < 1.29 is 18.0 Å². The first-order valence-corrected chi connectivity index (χ1v) is 7.00. The number of allylic oxidation sites excluding steroid dienone is 4. The number of carbonyl (C=O) groups excluding carboxylic acids is 1. The zero-order chi connectivity index (χ0) is 18.5. The van der Waals surface area contributed by atoms with Crippen LogP contribution in [0.25, 0.3) is 11.8 Å². The van der Waals surface area contributed by atoms with Crippen molar-refractivity contribution in [1.29, 1.82) is 0 Å². The molecule has 1 aromatic carbocycles. The van der Waals surface area contributed by atoms with E-state index in [-0.39, 0.29) is 5.70 Å². The van der Waals surface area contributed by atoms with Gasteiger partial charge >= 0.3 is 6.18 Å². The highest BCUT2D eigenvalue weighted by molar-refractivity contribution is 5.82. The van der Waals surface area contributed by atoms with E-state index >= 15 is 0 Å². The Morgan fingerprint density at radius 1 is 1.29 bits per heavy atom. The summed E-state index contributed by atoms with van der Waals surface area (Å²) < 4.78 is 37.8. The number of aldehydes is 1. The van der Waals surface area contributed by atoms with Crippen LogP contribution < -0.4 is 10.6 Å². The maximum atomic E-state index is 12.6. The lowest BCUT2D eigenvalue weighted by Crippen LogP contribution is -2.20. The summed E-state index contributed by atoms with van der Waals surface area (Å²) in [4.78, 5) is 12.5. The van der Waals surface area contributed by atoms with E-state index in [1.807, 2.05) is 19.1 Å². The van der Waals surface area contributed by atoms with Gasteiger partial charge in [0, 0.05) is 24.0 Å². The molecule has 1 aromatic rings. The number of halogens is 3. The second kappa shape index (κ2) is 7.68. The summed E-state index contributed by atoms with van der Waals surface area (Å²) >= 11 is 0. The van der Waals surface area contributed by atoms with Crippen LogP contribution in [0.1, 0.15) is 18.1 Å². The van der Waals surface area contributed by atoms with E-state index < -0.39 is 11.7 Å². The number of hydrogen-bond acceptors (Lipinski definition) is 3. The van der Waals surface area contributed by atoms with E-state index in [9.17, 15) is 18.0 Å². The van der Waals surface area contributed by atoms with E-state index in [0.717, 1.165) is 5.56 Å². The van der Waals surface area contributed by atoms with Crippen molar-refractivity contribution in [2.45, 2.75) is 13.1 Å². The number of carbonyl (C=O) groups is 1. The normalized spacial score (nSPS) is 12.3. The van der Waals surface area contributed by atoms with Gasteiger partial charge in [-0.25, -0.2) is 0 Å². The highest BCUT2D eigenvalue weighted by atomic mass is 19.4. The van der Waals surface area contributed by atoms with E-state index in [1.165, 1.54) is 11.9 Å². The fourth-order valence-corrected chi connectivity index (χ4v) is 1.98. The van der Waals surface area contributed by atoms with Crippen molar-refractivity contribution in [3.8, 4) is 0 Å². The first-order chi connectivity index (χ1) is 11.1. The lowest BCUT2D eigenvalue weighted by atomic mass is 10.0. The third-order valence-electron chi connectivity index (χ3n) is 3.31. The van der Waals surface area contributed by atoms with Crippen LogP contribution in [0.15, 0.2) is 54.8 Å². The van der Waals surface area contributed by atoms with Gasteiger partial charge in [-0.15, -0.1) is 0 Å². The van der Waals surface area contributed by atoms with Crippen molar-refractivity contribution in [1.82, 2.24) is 0 Å². The largest absolute Gasteiger partial charge is 0.415 e. The molecule has 0 heterocycles. The number of rotatable bonds is 6. The van der Waals surface area contributed by atoms with Gasteiger partial charge in [-0.3, -0.25) is 4.79 Å². The van der Waals surface area contributed by atoms with E-state index in [0.29, 0.717) is 29.3 Å². The Hall–Kier alpha value is -2.76. The Balaban J connectivity index is 3.31. The van der Waals surface area contributed by atoms with Gasteiger partial charge in [0.05, 0.1) is 11.3 Å². The van der Waals surface area contributed by atoms with Crippen molar-refractivity contribution in [3.05, 3.63) is 65.9 Å². The van der Waals surface area contributed by atoms with Crippen LogP contribution >= 0.6 is 0 Å². The molecular formula is C18H19F3N2O. The van der Waals surface area contributed by atoms with Crippen LogP contribution in [0.3, 0.4) is 0 Å². The van der Waals surface area contributed by atoms with Gasteiger partial charge in [0.15, 0.2) is 6.29 Å². The molecule has 0 radical (unpaired) electrons. The van der Waals surface area contributed by atoms with Gasteiger partial charge in [0.2, 0.25) is 0 Å². The van der Waals surface area contributed by atoms with Crippen molar-refractivity contribution in [2.75, 3.05) is 11.9 Å². The van der Waals surface area contributed by atoms with Gasteiger partial charge in [-0.1, -0.05) is 31.4 Å². The molecule has 24 heavy (non-hydrogen) atoms. The number of nitrogens with two attached hydrogens (primary N) is 1. The van der Waals surface area contributed by atoms with Crippen LogP contribution in [0.5, 0.6) is 0 Å². The molecule has 0 fully saturated rings. The zero-order valence-electron chi connectivity index (χ0n) is 13.5. The van der Waals surface area contributed by atoms with Gasteiger partial charge in [0.25, 0.3) is 0 Å². The minimum atomic E-state index is -4.60. The Bertz CT molecular complexity index is 715. The maximum absolute atomic E-state index is 12.6. The smallest absolute Gasteiger partial charge is 0.399 e. The number of anilines is 1. The molecule has 0 aliphatic carbocycles. The first-order valence-electron chi connectivity index (χ1n) is 7.00. The van der Waals surface area contributed by atoms with Gasteiger partial charge < -0.3 is 10.6 Å². The first kappa shape index (κ1) is 19.3. The molecule has 0 aliphatic heterocycles. The summed E-state index contributed by atoms with van der Waals surface area (Å²) in [7, 11) is 1.48. The molecule has 0 unspecified atom stereocenters. The predicted molar refractivity (Wildman–Crippen MR) is 92.1 cm³/mol. The Labute approximate surface area is 139 Å². The second-order valence-corrected chi connectivity index (χ2v) is 5.07. The molecule has 3 nitrogen and oxygen atoms in total. The lowest BCUT2D eigenvalue weighted by molar-refractivity contribution is -0.105. The molecule has 0 saturated heterocycles. The zero-order valence-corrected chi connectivity index (χ0v) is 13.5. The number of hydrogen-bond donors (Lipinski definition) is 1. The highest BCUT2D eigenvalue weighted by Crippen LogP contribution is 2.28. The summed E-state index contributed by atoms with van der Waals surface area (Å²) in [5.41, 5.74) is 6.75. The molecule has 2 N–H and O–H groups in total. The molecule has 0 saturated carbocycles. The Kier molecular flexibility index (Phi) is 6.17. The summed E-state index contributed by atoms with van der Waals surface area (Å²) in [5.74, 6) is 0. The lowest BCUT2D eigenvalue weighted by Gasteiger charge is -2.21. The van der Waals surface area contributed by atoms with Gasteiger partial charge in [-0.2, -0.15) is 13.2 Å². The molecule has 0 aromatic heterocycles. The average molecular weight is 336 g/mol. The summed E-state index contributed by atoms with van der Waals surface area (Å²) in [5, 5.41) is 0. The molecule has 0 bridgehead atoms. The molecule has 0 aliphatic rings. The van der Waals surface area contributed by atoms with Crippen molar-refractivity contribution in [3.63, 3.8) is 0 Å². The summed E-state index contributed by atoms with van der Waals surface area (Å²) in [6.07, 6.45) is 0.105. The van der Waals surface area contributed by atoms with Crippen molar-refractivity contribution in [2.24, 2.45) is 5.73 Å². The van der Waals surface area contributed by atoms with Crippen LogP contribution in [0.2, 0.25) is 0 Å². The number of nitrogens with zero attached hydrogens (tertiary/aromatic N) is 1. The average Bonchev–Trinajstić information content (AvgIpc) is 2.51. The van der Waals surface area contributed by atoms with Crippen LogP contribution in [-0.4, -0.2) is 19.5 Å². The third kappa shape index (κ3) is 4.62.